The van der Waals surface area contributed by atoms with Gasteiger partial charge in [0.2, 0.25) is 0 Å². The number of amides is 1. The van der Waals surface area contributed by atoms with Crippen molar-refractivity contribution in [2.45, 2.75) is 31.0 Å². The zero-order valence-electron chi connectivity index (χ0n) is 14.0. The highest BCUT2D eigenvalue weighted by molar-refractivity contribution is 5.83. The van der Waals surface area contributed by atoms with Gasteiger partial charge in [0.25, 0.3) is 5.91 Å². The quantitative estimate of drug-likeness (QED) is 0.894. The number of carboxylic acid groups (broad SMARTS) is 1. The normalized spacial score (nSPS) is 38.6. The van der Waals surface area contributed by atoms with Crippen molar-refractivity contribution >= 4 is 17.6 Å². The summed E-state index contributed by atoms with van der Waals surface area (Å²) in [7, 11) is 0. The van der Waals surface area contributed by atoms with Crippen molar-refractivity contribution < 1.29 is 19.4 Å². The number of carboxylic acids is 1. The fraction of sp³-hybridized carbons (Fsp3) is 0.579. The van der Waals surface area contributed by atoms with E-state index in [9.17, 15) is 14.7 Å². The van der Waals surface area contributed by atoms with Gasteiger partial charge in [-0.2, -0.15) is 0 Å². The van der Waals surface area contributed by atoms with Crippen LogP contribution in [0, 0.1) is 17.8 Å². The Morgan fingerprint density at radius 1 is 1.04 bits per heavy atom. The summed E-state index contributed by atoms with van der Waals surface area (Å²) >= 11 is 0. The van der Waals surface area contributed by atoms with Gasteiger partial charge in [0.05, 0.1) is 18.6 Å². The summed E-state index contributed by atoms with van der Waals surface area (Å²) in [5.41, 5.74) is 1.22. The number of rotatable bonds is 3. The van der Waals surface area contributed by atoms with Gasteiger partial charge in [0.1, 0.15) is 6.10 Å². The number of para-hydroxylation sites is 1. The van der Waals surface area contributed by atoms with Crippen LogP contribution in [-0.4, -0.2) is 59.8 Å². The third kappa shape index (κ3) is 2.34. The van der Waals surface area contributed by atoms with Crippen LogP contribution in [0.5, 0.6) is 0 Å². The van der Waals surface area contributed by atoms with E-state index in [-0.39, 0.29) is 29.7 Å². The minimum absolute atomic E-state index is 0.0645. The number of ether oxygens (including phenoxy) is 1. The van der Waals surface area contributed by atoms with Crippen LogP contribution in [0.3, 0.4) is 0 Å². The molecular formula is C19H22N2O4. The monoisotopic (exact) mass is 342 g/mol. The fourth-order valence-electron chi connectivity index (χ4n) is 5.13. The number of fused-ring (bicyclic) bond motifs is 3. The van der Waals surface area contributed by atoms with Crippen molar-refractivity contribution in [2.24, 2.45) is 17.8 Å². The van der Waals surface area contributed by atoms with Gasteiger partial charge in [-0.3, -0.25) is 9.59 Å². The second-order valence-electron chi connectivity index (χ2n) is 7.77. The molecule has 4 aliphatic rings. The Labute approximate surface area is 146 Å². The number of anilines is 1. The number of aliphatic carboxylic acids is 1. The molecule has 25 heavy (non-hydrogen) atoms. The third-order valence-electron chi connectivity index (χ3n) is 6.48. The van der Waals surface area contributed by atoms with Crippen molar-refractivity contribution in [3.05, 3.63) is 30.3 Å². The average molecular weight is 342 g/mol. The number of benzene rings is 1. The first-order valence-electron chi connectivity index (χ1n) is 9.10. The van der Waals surface area contributed by atoms with Crippen molar-refractivity contribution in [1.82, 2.24) is 4.90 Å². The molecule has 3 aliphatic heterocycles. The molecule has 1 saturated carbocycles. The molecule has 132 valence electrons. The van der Waals surface area contributed by atoms with E-state index in [1.807, 2.05) is 23.1 Å². The van der Waals surface area contributed by atoms with Crippen LogP contribution >= 0.6 is 0 Å². The van der Waals surface area contributed by atoms with E-state index in [4.69, 9.17) is 4.74 Å². The summed E-state index contributed by atoms with van der Waals surface area (Å²) in [6.07, 6.45) is 1.13. The van der Waals surface area contributed by atoms with Gasteiger partial charge in [-0.25, -0.2) is 0 Å². The smallest absolute Gasteiger partial charge is 0.307 e. The van der Waals surface area contributed by atoms with Crippen molar-refractivity contribution in [3.63, 3.8) is 0 Å². The average Bonchev–Trinajstić information content (AvgIpc) is 3.00. The number of piperazine rings is 1. The molecule has 3 heterocycles. The summed E-state index contributed by atoms with van der Waals surface area (Å²) in [6, 6.07) is 11.0. The predicted octanol–water partition coefficient (Wildman–Crippen LogP) is 1.21. The topological polar surface area (TPSA) is 70.1 Å². The van der Waals surface area contributed by atoms with Crippen molar-refractivity contribution in [2.75, 3.05) is 24.6 Å². The molecule has 4 fully saturated rings. The molecular weight excluding hydrogens is 320 g/mol. The lowest BCUT2D eigenvalue weighted by atomic mass is 10.1. The Kier molecular flexibility index (Phi) is 3.32. The predicted molar refractivity (Wildman–Crippen MR) is 90.2 cm³/mol. The standard InChI is InChI=1S/C19H22N2O4/c22-18(16-7-14-15(10-25-16)17(14)19(23)24)21-9-12-6-13(21)8-20(12)11-4-2-1-3-5-11/h1-5,12-17H,6-10H2,(H,23,24)/t12-,13-,14-,15+,16-,17-/m0/s1. The molecule has 6 atom stereocenters. The Balaban J connectivity index is 1.23. The number of carbonyl (C=O) groups is 2. The lowest BCUT2D eigenvalue weighted by molar-refractivity contribution is -0.148. The molecule has 6 nitrogen and oxygen atoms in total. The molecule has 6 heteroatoms. The molecule has 1 aliphatic carbocycles. The van der Waals surface area contributed by atoms with E-state index in [1.54, 1.807) is 0 Å². The molecule has 2 bridgehead atoms. The lowest BCUT2D eigenvalue weighted by Crippen LogP contribution is -2.52. The molecule has 1 aromatic rings. The molecule has 1 aromatic carbocycles. The van der Waals surface area contributed by atoms with Gasteiger partial charge in [-0.1, -0.05) is 18.2 Å². The van der Waals surface area contributed by atoms with E-state index in [2.05, 4.69) is 17.0 Å². The summed E-state index contributed by atoms with van der Waals surface area (Å²) in [5, 5.41) is 9.19. The Hall–Kier alpha value is -2.08. The van der Waals surface area contributed by atoms with Gasteiger partial charge in [-0.15, -0.1) is 0 Å². The molecule has 3 saturated heterocycles. The van der Waals surface area contributed by atoms with Crippen LogP contribution in [0.25, 0.3) is 0 Å². The van der Waals surface area contributed by atoms with Crippen LogP contribution in [-0.2, 0) is 14.3 Å². The molecule has 0 radical (unpaired) electrons. The molecule has 1 N–H and O–H groups in total. The van der Waals surface area contributed by atoms with E-state index < -0.39 is 12.1 Å². The zero-order chi connectivity index (χ0) is 17.1. The van der Waals surface area contributed by atoms with Crippen LogP contribution in [0.4, 0.5) is 5.69 Å². The van der Waals surface area contributed by atoms with E-state index in [0.29, 0.717) is 19.1 Å². The maximum absolute atomic E-state index is 12.9. The Morgan fingerprint density at radius 3 is 2.52 bits per heavy atom. The second kappa shape index (κ2) is 5.46. The first-order chi connectivity index (χ1) is 12.1. The maximum Gasteiger partial charge on any atom is 0.307 e. The molecule has 0 unspecified atom stereocenters. The first-order valence-corrected chi connectivity index (χ1v) is 9.10. The van der Waals surface area contributed by atoms with Crippen molar-refractivity contribution in [1.29, 1.82) is 0 Å². The molecule has 1 amide bonds. The SMILES string of the molecule is O=C(O)[C@@H]1[C@@H]2CO[C@H](C(=O)N3C[C@@H]4C[C@H]3CN4c3ccccc3)C[C@@H]21. The maximum atomic E-state index is 12.9. The minimum atomic E-state index is -0.745. The minimum Gasteiger partial charge on any atom is -0.481 e. The lowest BCUT2D eigenvalue weighted by Gasteiger charge is -2.37. The zero-order valence-corrected chi connectivity index (χ0v) is 14.0. The van der Waals surface area contributed by atoms with Gasteiger partial charge < -0.3 is 19.6 Å². The highest BCUT2D eigenvalue weighted by Gasteiger charge is 2.59. The number of carbonyl (C=O) groups excluding carboxylic acids is 1. The van der Waals surface area contributed by atoms with E-state index in [1.165, 1.54) is 5.69 Å². The first kappa shape index (κ1) is 15.2. The number of hydrogen-bond donors (Lipinski definition) is 1. The Morgan fingerprint density at radius 2 is 1.84 bits per heavy atom. The third-order valence-corrected chi connectivity index (χ3v) is 6.48. The second-order valence-corrected chi connectivity index (χ2v) is 7.77. The largest absolute Gasteiger partial charge is 0.481 e. The Bertz CT molecular complexity index is 709. The molecule has 5 rings (SSSR count). The van der Waals surface area contributed by atoms with Crippen LogP contribution < -0.4 is 4.90 Å². The van der Waals surface area contributed by atoms with Crippen LogP contribution in [0.2, 0.25) is 0 Å². The highest BCUT2D eigenvalue weighted by atomic mass is 16.5. The number of hydrogen-bond acceptors (Lipinski definition) is 4. The van der Waals surface area contributed by atoms with Gasteiger partial charge in [-0.05, 0) is 36.8 Å². The highest BCUT2D eigenvalue weighted by Crippen LogP contribution is 2.53. The molecule has 0 aromatic heterocycles. The van der Waals surface area contributed by atoms with Gasteiger partial charge in [0.15, 0.2) is 0 Å². The van der Waals surface area contributed by atoms with Gasteiger partial charge >= 0.3 is 5.97 Å². The summed E-state index contributed by atoms with van der Waals surface area (Å²) in [5.74, 6) is -0.743. The summed E-state index contributed by atoms with van der Waals surface area (Å²) in [6.45, 7) is 2.03. The number of likely N-dealkylation sites (tertiary alicyclic amines) is 1. The van der Waals surface area contributed by atoms with Crippen LogP contribution in [0.15, 0.2) is 30.3 Å². The summed E-state index contributed by atoms with van der Waals surface area (Å²) in [4.78, 5) is 28.5. The van der Waals surface area contributed by atoms with Gasteiger partial charge in [0, 0.05) is 24.8 Å². The summed E-state index contributed by atoms with van der Waals surface area (Å²) < 4.78 is 5.74. The van der Waals surface area contributed by atoms with E-state index in [0.717, 1.165) is 19.5 Å². The van der Waals surface area contributed by atoms with Crippen molar-refractivity contribution in [3.8, 4) is 0 Å². The number of nitrogens with zero attached hydrogens (tertiary/aromatic N) is 2. The molecule has 0 spiro atoms. The fourth-order valence-corrected chi connectivity index (χ4v) is 5.13. The van der Waals surface area contributed by atoms with Crippen LogP contribution in [0.1, 0.15) is 12.8 Å². The van der Waals surface area contributed by atoms with E-state index >= 15 is 0 Å².